The van der Waals surface area contributed by atoms with E-state index < -0.39 is 22.1 Å². The van der Waals surface area contributed by atoms with E-state index in [0.29, 0.717) is 11.3 Å². The lowest BCUT2D eigenvalue weighted by Gasteiger charge is -2.13. The monoisotopic (exact) mass is 405 g/mol. The van der Waals surface area contributed by atoms with Crippen LogP contribution in [-0.4, -0.2) is 39.9 Å². The summed E-state index contributed by atoms with van der Waals surface area (Å²) in [4.78, 5) is 24.3. The van der Waals surface area contributed by atoms with Crippen LogP contribution in [0.2, 0.25) is 0 Å². The minimum atomic E-state index is -3.70. The van der Waals surface area contributed by atoms with Crippen molar-refractivity contribution in [2.24, 2.45) is 0 Å². The average molecular weight is 405 g/mol. The van der Waals surface area contributed by atoms with E-state index in [1.807, 2.05) is 6.92 Å². The Balaban J connectivity index is 1.84. The molecule has 8 heteroatoms. The number of esters is 1. The Hall–Kier alpha value is -2.71. The Morgan fingerprint density at radius 2 is 1.64 bits per heavy atom. The third kappa shape index (κ3) is 5.90. The Morgan fingerprint density at radius 1 is 1.04 bits per heavy atom. The summed E-state index contributed by atoms with van der Waals surface area (Å²) in [5, 5.41) is 0. The van der Waals surface area contributed by atoms with Gasteiger partial charge in [0, 0.05) is 12.1 Å². The summed E-state index contributed by atoms with van der Waals surface area (Å²) in [6, 6.07) is 12.8. The van der Waals surface area contributed by atoms with Crippen LogP contribution in [0.1, 0.15) is 29.3 Å². The van der Waals surface area contributed by atoms with Gasteiger partial charge in [0.2, 0.25) is 15.8 Å². The van der Waals surface area contributed by atoms with Gasteiger partial charge in [0.25, 0.3) is 0 Å². The first-order chi connectivity index (χ1) is 13.2. The predicted molar refractivity (Wildman–Crippen MR) is 104 cm³/mol. The zero-order valence-electron chi connectivity index (χ0n) is 16.0. The van der Waals surface area contributed by atoms with Gasteiger partial charge in [-0.15, -0.1) is 0 Å². The lowest BCUT2D eigenvalue weighted by atomic mass is 10.1. The molecule has 0 bridgehead atoms. The minimum absolute atomic E-state index is 0.120. The lowest BCUT2D eigenvalue weighted by molar-refractivity contribution is -0.146. The number of hydrogen-bond acceptors (Lipinski definition) is 6. The van der Waals surface area contributed by atoms with Crippen molar-refractivity contribution in [3.8, 4) is 5.75 Å². The van der Waals surface area contributed by atoms with Crippen LogP contribution in [0, 0.1) is 6.92 Å². The van der Waals surface area contributed by atoms with Gasteiger partial charge in [0.15, 0.2) is 6.10 Å². The van der Waals surface area contributed by atoms with E-state index in [1.165, 1.54) is 26.2 Å². The maximum atomic E-state index is 12.3. The van der Waals surface area contributed by atoms with E-state index in [2.05, 4.69) is 4.72 Å². The minimum Gasteiger partial charge on any atom is -0.497 e. The van der Waals surface area contributed by atoms with Crippen LogP contribution in [-0.2, 0) is 19.6 Å². The first-order valence-electron chi connectivity index (χ1n) is 8.67. The number of Topliss-reactive ketones (excluding diaryl/α,β-unsaturated/α-hetero) is 1. The smallest absolute Gasteiger partial charge is 0.307 e. The maximum Gasteiger partial charge on any atom is 0.307 e. The number of ether oxygens (including phenoxy) is 2. The van der Waals surface area contributed by atoms with Crippen molar-refractivity contribution < 1.29 is 27.5 Å². The summed E-state index contributed by atoms with van der Waals surface area (Å²) in [6.07, 6.45) is -1.17. The quantitative estimate of drug-likeness (QED) is 0.508. The Labute approximate surface area is 164 Å². The van der Waals surface area contributed by atoms with Crippen molar-refractivity contribution >= 4 is 21.8 Å². The first-order valence-corrected chi connectivity index (χ1v) is 10.2. The van der Waals surface area contributed by atoms with Gasteiger partial charge in [-0.05, 0) is 50.2 Å². The molecule has 0 heterocycles. The molecule has 7 nitrogen and oxygen atoms in total. The molecule has 1 atom stereocenters. The highest BCUT2D eigenvalue weighted by atomic mass is 32.2. The zero-order valence-corrected chi connectivity index (χ0v) is 16.8. The van der Waals surface area contributed by atoms with Crippen LogP contribution < -0.4 is 9.46 Å². The number of benzene rings is 2. The second-order valence-electron chi connectivity index (χ2n) is 6.19. The van der Waals surface area contributed by atoms with Crippen molar-refractivity contribution in [2.45, 2.75) is 31.3 Å². The van der Waals surface area contributed by atoms with Crippen LogP contribution in [0.3, 0.4) is 0 Å². The van der Waals surface area contributed by atoms with Crippen molar-refractivity contribution in [3.05, 3.63) is 59.7 Å². The molecular formula is C20H23NO6S. The molecule has 0 amide bonds. The van der Waals surface area contributed by atoms with Gasteiger partial charge in [0.05, 0.1) is 18.4 Å². The summed E-state index contributed by atoms with van der Waals surface area (Å²) in [6.45, 7) is 3.20. The predicted octanol–water partition coefficient (Wildman–Crippen LogP) is 2.49. The van der Waals surface area contributed by atoms with Gasteiger partial charge in [-0.2, -0.15) is 0 Å². The Kier molecular flexibility index (Phi) is 7.31. The second-order valence-corrected chi connectivity index (χ2v) is 7.95. The molecule has 0 radical (unpaired) electrons. The molecule has 0 aliphatic heterocycles. The van der Waals surface area contributed by atoms with Gasteiger partial charge in [-0.25, -0.2) is 13.1 Å². The van der Waals surface area contributed by atoms with Crippen LogP contribution in [0.5, 0.6) is 5.75 Å². The number of ketones is 1. The molecule has 0 aliphatic rings. The van der Waals surface area contributed by atoms with Crippen molar-refractivity contribution in [1.29, 1.82) is 0 Å². The molecule has 0 aromatic heterocycles. The SMILES string of the molecule is COc1ccc(C(=O)[C@@H](C)OC(=O)CCNS(=O)(=O)c2ccc(C)cc2)cc1. The number of sulfonamides is 1. The van der Waals surface area contributed by atoms with Crippen LogP contribution >= 0.6 is 0 Å². The Bertz CT molecular complexity index is 920. The van der Waals surface area contributed by atoms with E-state index in [0.717, 1.165) is 5.56 Å². The zero-order chi connectivity index (χ0) is 20.7. The molecule has 2 aromatic rings. The average Bonchev–Trinajstić information content (AvgIpc) is 2.67. The van der Waals surface area contributed by atoms with Gasteiger partial charge in [-0.1, -0.05) is 17.7 Å². The highest BCUT2D eigenvalue weighted by molar-refractivity contribution is 7.89. The second kappa shape index (κ2) is 9.48. The van der Waals surface area contributed by atoms with Crippen molar-refractivity contribution in [2.75, 3.05) is 13.7 Å². The molecule has 0 fully saturated rings. The summed E-state index contributed by atoms with van der Waals surface area (Å²) in [5.74, 6) is -0.403. The molecule has 0 unspecified atom stereocenters. The number of hydrogen-bond donors (Lipinski definition) is 1. The standard InChI is InChI=1S/C20H23NO6S/c1-14-4-10-18(11-5-14)28(24,25)21-13-12-19(22)27-15(2)20(23)16-6-8-17(26-3)9-7-16/h4-11,15,21H,12-13H2,1-3H3/t15-/m1/s1. The van der Waals surface area contributed by atoms with E-state index in [1.54, 1.807) is 36.4 Å². The first kappa shape index (κ1) is 21.6. The Morgan fingerprint density at radius 3 is 2.21 bits per heavy atom. The van der Waals surface area contributed by atoms with Crippen LogP contribution in [0.15, 0.2) is 53.4 Å². The number of rotatable bonds is 9. The number of aryl methyl sites for hydroxylation is 1. The molecule has 0 saturated heterocycles. The summed E-state index contributed by atoms with van der Waals surface area (Å²) < 4.78 is 36.8. The van der Waals surface area contributed by atoms with E-state index >= 15 is 0 Å². The fourth-order valence-corrected chi connectivity index (χ4v) is 3.42. The molecule has 0 saturated carbocycles. The van der Waals surface area contributed by atoms with Gasteiger partial charge in [0.1, 0.15) is 5.75 Å². The number of carbonyl (C=O) groups excluding carboxylic acids is 2. The molecule has 0 spiro atoms. The van der Waals surface area contributed by atoms with Gasteiger partial charge in [-0.3, -0.25) is 9.59 Å². The third-order valence-electron chi connectivity index (χ3n) is 4.00. The number of nitrogens with one attached hydrogen (secondary N) is 1. The highest BCUT2D eigenvalue weighted by Crippen LogP contribution is 2.14. The van der Waals surface area contributed by atoms with Crippen molar-refractivity contribution in [1.82, 2.24) is 4.72 Å². The van der Waals surface area contributed by atoms with Crippen LogP contribution in [0.25, 0.3) is 0 Å². The van der Waals surface area contributed by atoms with Gasteiger partial charge < -0.3 is 9.47 Å². The third-order valence-corrected chi connectivity index (χ3v) is 5.48. The van der Waals surface area contributed by atoms with Crippen molar-refractivity contribution in [3.63, 3.8) is 0 Å². The molecule has 0 aliphatic carbocycles. The van der Waals surface area contributed by atoms with E-state index in [-0.39, 0.29) is 23.6 Å². The fourth-order valence-electron chi connectivity index (χ4n) is 2.39. The number of methoxy groups -OCH3 is 1. The molecule has 28 heavy (non-hydrogen) atoms. The van der Waals surface area contributed by atoms with Gasteiger partial charge >= 0.3 is 5.97 Å². The maximum absolute atomic E-state index is 12.3. The lowest BCUT2D eigenvalue weighted by Crippen LogP contribution is -2.29. The van der Waals surface area contributed by atoms with E-state index in [9.17, 15) is 18.0 Å². The summed E-state index contributed by atoms with van der Waals surface area (Å²) in [5.41, 5.74) is 1.33. The topological polar surface area (TPSA) is 98.8 Å². The largest absolute Gasteiger partial charge is 0.497 e. The summed E-state index contributed by atoms with van der Waals surface area (Å²) in [7, 11) is -2.18. The number of carbonyl (C=O) groups is 2. The molecular weight excluding hydrogens is 382 g/mol. The highest BCUT2D eigenvalue weighted by Gasteiger charge is 2.20. The molecule has 1 N–H and O–H groups in total. The molecule has 2 aromatic carbocycles. The normalized spacial score (nSPS) is 12.2. The summed E-state index contributed by atoms with van der Waals surface area (Å²) >= 11 is 0. The van der Waals surface area contributed by atoms with E-state index in [4.69, 9.17) is 9.47 Å². The van der Waals surface area contributed by atoms with Crippen LogP contribution in [0.4, 0.5) is 0 Å². The molecule has 150 valence electrons. The fraction of sp³-hybridized carbons (Fsp3) is 0.300. The molecule has 2 rings (SSSR count).